The molecule has 0 atom stereocenters. The second-order valence-electron chi connectivity index (χ2n) is 38.7. The number of carbonyl (C=O) groups excluding carboxylic acids is 7. The quantitative estimate of drug-likeness (QED) is 0.0133. The highest BCUT2D eigenvalue weighted by molar-refractivity contribution is 5.96. The van der Waals surface area contributed by atoms with Crippen LogP contribution in [0.15, 0.2) is 194 Å². The predicted octanol–water partition coefficient (Wildman–Crippen LogP) is 19.3. The third kappa shape index (κ3) is 60.4. The number of amides is 4. The van der Waals surface area contributed by atoms with Crippen molar-refractivity contribution >= 4 is 47.5 Å². The maximum atomic E-state index is 11.7. The van der Waals surface area contributed by atoms with E-state index < -0.39 is 17.8 Å². The van der Waals surface area contributed by atoms with Gasteiger partial charge < -0.3 is 93.4 Å². The predicted molar refractivity (Wildman–Crippen MR) is 525 cm³/mol. The summed E-state index contributed by atoms with van der Waals surface area (Å²) in [6.45, 7) is 53.2. The molecule has 4 amide bonds. The molecular weight excluding hydrogens is 1710 g/mol. The number of aliphatic hydroxyl groups excluding tert-OH is 2. The molecule has 0 heterocycles. The largest absolute Gasteiger partial charge is 0.478 e. The van der Waals surface area contributed by atoms with Crippen molar-refractivity contribution in [2.45, 2.75) is 264 Å². The van der Waals surface area contributed by atoms with Gasteiger partial charge >= 0.3 is 23.9 Å². The van der Waals surface area contributed by atoms with Crippen LogP contribution in [0.5, 0.6) is 0 Å². The third-order valence-corrected chi connectivity index (χ3v) is 17.1. The molecule has 0 saturated heterocycles. The Kier molecular flexibility index (Phi) is 54.6. The van der Waals surface area contributed by atoms with Crippen molar-refractivity contribution in [2.75, 3.05) is 74.9 Å². The first kappa shape index (κ1) is 121. The van der Waals surface area contributed by atoms with Crippen LogP contribution in [0.2, 0.25) is 0 Å². The number of rotatable bonds is 31. The Morgan fingerprint density at radius 2 is 0.522 bits per heavy atom. The Morgan fingerprint density at radius 1 is 0.299 bits per heavy atom. The lowest BCUT2D eigenvalue weighted by Crippen LogP contribution is -2.26. The summed E-state index contributed by atoms with van der Waals surface area (Å²) in [7, 11) is 8.06. The molecule has 0 saturated carbocycles. The van der Waals surface area contributed by atoms with Crippen LogP contribution in [0.1, 0.15) is 294 Å². The van der Waals surface area contributed by atoms with Gasteiger partial charge in [-0.25, -0.2) is 19.2 Å². The number of carboxylic acid groups (broad SMARTS) is 1. The van der Waals surface area contributed by atoms with E-state index in [2.05, 4.69) is 15.4 Å². The fraction of sp³-hybridized carbons (Fsp3) is 0.477. The highest BCUT2D eigenvalue weighted by Crippen LogP contribution is 2.22. The van der Waals surface area contributed by atoms with E-state index in [1.165, 1.54) is 7.11 Å². The van der Waals surface area contributed by atoms with Gasteiger partial charge in [0.1, 0.15) is 13.2 Å². The minimum atomic E-state index is -0.904. The molecule has 27 nitrogen and oxygen atoms in total. The van der Waals surface area contributed by atoms with Gasteiger partial charge in [0.25, 0.3) is 17.7 Å². The minimum Gasteiger partial charge on any atom is -0.478 e. The summed E-state index contributed by atoms with van der Waals surface area (Å²) < 4.78 is 64.3. The number of primary amides is 1. The maximum absolute atomic E-state index is 11.7. The Balaban J connectivity index is 0.000000767. The fourth-order valence-electron chi connectivity index (χ4n) is 9.68. The zero-order valence-corrected chi connectivity index (χ0v) is 84.9. The number of hydrogen-bond donors (Lipinski definition) is 6. The third-order valence-electron chi connectivity index (χ3n) is 17.1. The van der Waals surface area contributed by atoms with Gasteiger partial charge in [0, 0.05) is 57.1 Å². The van der Waals surface area contributed by atoms with Crippen molar-refractivity contribution in [3.63, 3.8) is 0 Å². The molecule has 0 aromatic heterocycles. The molecule has 0 aliphatic rings. The average Bonchev–Trinajstić information content (AvgIpc) is 0.874. The van der Waals surface area contributed by atoms with Gasteiger partial charge in [0.15, 0.2) is 0 Å². The number of carboxylic acids is 1. The van der Waals surface area contributed by atoms with Gasteiger partial charge in [0.05, 0.1) is 147 Å². The molecule has 0 spiro atoms. The summed E-state index contributed by atoms with van der Waals surface area (Å²) in [6, 6.07) is 57.6. The lowest BCUT2D eigenvalue weighted by atomic mass is 10.1. The number of aliphatic hydroxyl groups is 2. The van der Waals surface area contributed by atoms with Crippen LogP contribution in [0.25, 0.3) is 0 Å². The summed E-state index contributed by atoms with van der Waals surface area (Å²) in [5.41, 5.74) is 16.5. The highest BCUT2D eigenvalue weighted by Gasteiger charge is 2.20. The molecule has 0 unspecified atom stereocenters. The number of nitrogens with zero attached hydrogens (tertiary/aromatic N) is 1. The van der Waals surface area contributed by atoms with Crippen molar-refractivity contribution in [2.24, 2.45) is 5.73 Å². The average molecular weight is 1860 g/mol. The smallest absolute Gasteiger partial charge is 0.338 e. The lowest BCUT2D eigenvalue weighted by Gasteiger charge is -2.19. The SMILES string of the molecule is CC(C)(C)OCc1ccc(C(=O)NCCO)cc1.CC(C)(C)OCc1ccc(C(=O)O)cc1.CC(C)(C)OCc1ccc(C(=O)OCCO)cc1.CC(C)(C)OCc1ccc(C(N)=O)cc1.CN(C)C(=O)c1ccc(COC(C)(C)C)cc1.CNC(=O)c1ccc(COC(C)(C)C)cc1.COC(=O)c1ccc(COC(C)(C)C)cc1.COCCOC(=O)c1ccc(COC(C)(C)C)cc1. The lowest BCUT2D eigenvalue weighted by molar-refractivity contribution is -0.0152. The number of nitrogens with one attached hydrogen (secondary N) is 2. The van der Waals surface area contributed by atoms with Crippen LogP contribution < -0.4 is 16.4 Å². The van der Waals surface area contributed by atoms with Crippen LogP contribution in [0, 0.1) is 0 Å². The molecule has 8 aromatic carbocycles. The van der Waals surface area contributed by atoms with Crippen molar-refractivity contribution in [1.82, 2.24) is 15.5 Å². The molecule has 8 aromatic rings. The first-order chi connectivity index (χ1) is 62.2. The molecule has 134 heavy (non-hydrogen) atoms. The molecular formula is C107H154N4O23. The first-order valence-electron chi connectivity index (χ1n) is 44.4. The molecule has 8 rings (SSSR count). The van der Waals surface area contributed by atoms with E-state index in [0.717, 1.165) is 44.5 Å². The van der Waals surface area contributed by atoms with Crippen molar-refractivity contribution in [3.05, 3.63) is 283 Å². The topological polar surface area (TPSA) is 361 Å². The second-order valence-corrected chi connectivity index (χ2v) is 38.7. The zero-order chi connectivity index (χ0) is 102. The van der Waals surface area contributed by atoms with Gasteiger partial charge in [-0.2, -0.15) is 0 Å². The molecule has 740 valence electrons. The van der Waals surface area contributed by atoms with Crippen LogP contribution in [0.4, 0.5) is 0 Å². The monoisotopic (exact) mass is 1860 g/mol. The molecule has 0 bridgehead atoms. The first-order valence-corrected chi connectivity index (χ1v) is 44.4. The molecule has 27 heteroatoms. The van der Waals surface area contributed by atoms with Crippen LogP contribution in [-0.2, 0) is 110 Å². The van der Waals surface area contributed by atoms with Crippen LogP contribution in [0.3, 0.4) is 0 Å². The van der Waals surface area contributed by atoms with E-state index in [4.69, 9.17) is 73.2 Å². The van der Waals surface area contributed by atoms with E-state index in [0.29, 0.717) is 104 Å². The number of carbonyl (C=O) groups is 8. The fourth-order valence-corrected chi connectivity index (χ4v) is 9.68. The molecule has 0 fully saturated rings. The second kappa shape index (κ2) is 60.4. The Labute approximate surface area is 797 Å². The van der Waals surface area contributed by atoms with Crippen molar-refractivity contribution in [1.29, 1.82) is 0 Å². The van der Waals surface area contributed by atoms with Crippen molar-refractivity contribution in [3.8, 4) is 0 Å². The molecule has 0 aliphatic heterocycles. The summed E-state index contributed by atoms with van der Waals surface area (Å²) in [5, 5.41) is 31.1. The zero-order valence-electron chi connectivity index (χ0n) is 84.9. The summed E-state index contributed by atoms with van der Waals surface area (Å²) >= 11 is 0. The number of ether oxygens (including phenoxy) is 12. The maximum Gasteiger partial charge on any atom is 0.338 e. The van der Waals surface area contributed by atoms with E-state index in [9.17, 15) is 38.4 Å². The number of esters is 3. The molecule has 7 N–H and O–H groups in total. The highest BCUT2D eigenvalue weighted by atomic mass is 16.6. The van der Waals surface area contributed by atoms with E-state index >= 15 is 0 Å². The normalized spacial score (nSPS) is 11.3. The Morgan fingerprint density at radius 3 is 0.731 bits per heavy atom. The summed E-state index contributed by atoms with van der Waals surface area (Å²) in [4.78, 5) is 91.8. The summed E-state index contributed by atoms with van der Waals surface area (Å²) in [6.07, 6.45) is 0. The van der Waals surface area contributed by atoms with Gasteiger partial charge in [-0.3, -0.25) is 19.2 Å². The molecule has 0 aliphatic carbocycles. The minimum absolute atomic E-state index is 0.0215. The Bertz CT molecular complexity index is 4470. The standard InChI is InChI=1S/C15H22O4.C14H21NO3.C14H21NO2.C14H20O4.C13H19NO2.C13H18O3.C12H17NO2.C12H16O3/c1-15(2,3)19-11-12-5-7-13(8-6-12)14(16)18-10-9-17-4;1-14(2,3)18-10-11-4-6-12(7-5-11)13(17)15-8-9-16;1-14(2,3)17-10-11-6-8-12(9-7-11)13(16)15(4)5;1-14(2,3)18-10-11-4-6-12(7-5-11)13(16)17-9-8-15;1-13(2,3)16-9-10-5-7-11(8-6-10)12(15)14-4;1-13(2,3)16-9-10-5-7-11(8-6-10)12(14)15-4;2*1-12(2,3)15-8-9-4-6-10(7-5-9)11(13)14/h5-8H,9-11H2,1-4H3;4-7,16H,8-10H2,1-3H3,(H,15,17);6-9H,10H2,1-5H3;4-7,15H,8-10H2,1-3H3;5-8H,9H2,1-4H3,(H,14,15);5-8H,9H2,1-4H3;4-7H,8H2,1-3H3,(H2,13,14);4-7H,8H2,1-3H3,(H,13,14). The summed E-state index contributed by atoms with van der Waals surface area (Å²) in [5.74, 6) is -2.60. The van der Waals surface area contributed by atoms with Crippen LogP contribution in [-0.4, -0.2) is 187 Å². The number of methoxy groups -OCH3 is 2. The van der Waals surface area contributed by atoms with Crippen LogP contribution >= 0.6 is 0 Å². The van der Waals surface area contributed by atoms with E-state index in [1.54, 1.807) is 130 Å². The van der Waals surface area contributed by atoms with Gasteiger partial charge in [-0.05, 0) is 308 Å². The van der Waals surface area contributed by atoms with Gasteiger partial charge in [-0.15, -0.1) is 0 Å². The van der Waals surface area contributed by atoms with Crippen molar-refractivity contribution < 1.29 is 111 Å². The van der Waals surface area contributed by atoms with E-state index in [1.807, 2.05) is 263 Å². The Hall–Kier alpha value is -10.9. The van der Waals surface area contributed by atoms with Gasteiger partial charge in [0.2, 0.25) is 5.91 Å². The van der Waals surface area contributed by atoms with Gasteiger partial charge in [-0.1, -0.05) is 97.1 Å². The number of hydrogen-bond acceptors (Lipinski definition) is 22. The number of nitrogens with two attached hydrogens (primary N) is 1. The number of aromatic carboxylic acids is 1. The molecule has 0 radical (unpaired) electrons. The number of benzene rings is 8. The van der Waals surface area contributed by atoms with E-state index in [-0.39, 0.29) is 107 Å².